The number of carboxylic acids is 1. The Morgan fingerprint density at radius 2 is 2.00 bits per heavy atom. The van der Waals surface area contributed by atoms with E-state index in [-0.39, 0.29) is 5.92 Å². The molecule has 0 aromatic rings. The SMILES string of the molecule is O=C(O)C1CCC2=CCCC=C2C1. The normalized spacial score (nSPS) is 27.2. The Balaban J connectivity index is 2.12. The highest BCUT2D eigenvalue weighted by atomic mass is 16.4. The van der Waals surface area contributed by atoms with Gasteiger partial charge in [0.15, 0.2) is 0 Å². The molecule has 2 heteroatoms. The van der Waals surface area contributed by atoms with Gasteiger partial charge in [0.1, 0.15) is 0 Å². The van der Waals surface area contributed by atoms with E-state index < -0.39 is 5.97 Å². The molecule has 1 fully saturated rings. The van der Waals surface area contributed by atoms with Gasteiger partial charge in [0.05, 0.1) is 5.92 Å². The number of hydrogen-bond donors (Lipinski definition) is 1. The molecule has 0 bridgehead atoms. The number of carbonyl (C=O) groups is 1. The largest absolute Gasteiger partial charge is 0.481 e. The molecular formula is C11H14O2. The Hall–Kier alpha value is -1.05. The van der Waals surface area contributed by atoms with Crippen molar-refractivity contribution in [1.82, 2.24) is 0 Å². The predicted molar refractivity (Wildman–Crippen MR) is 50.4 cm³/mol. The van der Waals surface area contributed by atoms with Gasteiger partial charge < -0.3 is 5.11 Å². The van der Waals surface area contributed by atoms with Crippen molar-refractivity contribution in [3.63, 3.8) is 0 Å². The summed E-state index contributed by atoms with van der Waals surface area (Å²) in [5.41, 5.74) is 2.70. The fourth-order valence-corrected chi connectivity index (χ4v) is 2.16. The number of carboxylic acid groups (broad SMARTS) is 1. The lowest BCUT2D eigenvalue weighted by atomic mass is 9.79. The molecule has 1 saturated carbocycles. The molecule has 1 N–H and O–H groups in total. The zero-order valence-electron chi connectivity index (χ0n) is 7.62. The van der Waals surface area contributed by atoms with Crippen molar-refractivity contribution in [3.8, 4) is 0 Å². The summed E-state index contributed by atoms with van der Waals surface area (Å²) in [6.07, 6.45) is 9.24. The molecule has 0 saturated heterocycles. The molecule has 2 rings (SSSR count). The van der Waals surface area contributed by atoms with Crippen LogP contribution in [0.15, 0.2) is 23.3 Å². The molecule has 0 aromatic carbocycles. The first-order valence-corrected chi connectivity index (χ1v) is 4.88. The average Bonchev–Trinajstić information content (AvgIpc) is 2.17. The fourth-order valence-electron chi connectivity index (χ4n) is 2.16. The summed E-state index contributed by atoms with van der Waals surface area (Å²) in [6.45, 7) is 0. The lowest BCUT2D eigenvalue weighted by molar-refractivity contribution is -0.142. The Morgan fingerprint density at radius 3 is 2.69 bits per heavy atom. The van der Waals surface area contributed by atoms with Crippen LogP contribution in [-0.4, -0.2) is 11.1 Å². The smallest absolute Gasteiger partial charge is 0.306 e. The summed E-state index contributed by atoms with van der Waals surface area (Å²) >= 11 is 0. The minimum Gasteiger partial charge on any atom is -0.481 e. The van der Waals surface area contributed by atoms with Crippen LogP contribution in [0.4, 0.5) is 0 Å². The third-order valence-electron chi connectivity index (χ3n) is 2.94. The summed E-state index contributed by atoms with van der Waals surface area (Å²) in [5, 5.41) is 8.88. The molecule has 0 radical (unpaired) electrons. The van der Waals surface area contributed by atoms with Crippen LogP contribution >= 0.6 is 0 Å². The van der Waals surface area contributed by atoms with E-state index in [1.54, 1.807) is 0 Å². The highest BCUT2D eigenvalue weighted by Crippen LogP contribution is 2.35. The van der Waals surface area contributed by atoms with Gasteiger partial charge in [-0.2, -0.15) is 0 Å². The summed E-state index contributed by atoms with van der Waals surface area (Å²) in [7, 11) is 0. The molecule has 0 amide bonds. The lowest BCUT2D eigenvalue weighted by Gasteiger charge is -2.25. The van der Waals surface area contributed by atoms with E-state index in [0.29, 0.717) is 0 Å². The van der Waals surface area contributed by atoms with Gasteiger partial charge in [-0.3, -0.25) is 4.79 Å². The number of allylic oxidation sites excluding steroid dienone is 4. The molecule has 2 nitrogen and oxygen atoms in total. The van der Waals surface area contributed by atoms with Gasteiger partial charge >= 0.3 is 5.97 Å². The molecule has 0 aromatic heterocycles. The molecule has 1 unspecified atom stereocenters. The minimum atomic E-state index is -0.634. The molecule has 0 spiro atoms. The van der Waals surface area contributed by atoms with Gasteiger partial charge in [0.25, 0.3) is 0 Å². The quantitative estimate of drug-likeness (QED) is 0.669. The first-order chi connectivity index (χ1) is 6.27. The maximum atomic E-state index is 10.8. The van der Waals surface area contributed by atoms with Crippen LogP contribution in [0.5, 0.6) is 0 Å². The first kappa shape index (κ1) is 8.54. The molecular weight excluding hydrogens is 164 g/mol. The van der Waals surface area contributed by atoms with Crippen molar-refractivity contribution in [2.45, 2.75) is 32.1 Å². The zero-order valence-corrected chi connectivity index (χ0v) is 7.62. The number of hydrogen-bond acceptors (Lipinski definition) is 1. The Bertz CT molecular complexity index is 286. The second-order valence-electron chi connectivity index (χ2n) is 3.81. The highest BCUT2D eigenvalue weighted by Gasteiger charge is 2.26. The van der Waals surface area contributed by atoms with Crippen molar-refractivity contribution in [1.29, 1.82) is 0 Å². The van der Waals surface area contributed by atoms with Crippen molar-refractivity contribution in [3.05, 3.63) is 23.3 Å². The van der Waals surface area contributed by atoms with E-state index in [9.17, 15) is 4.79 Å². The van der Waals surface area contributed by atoms with Crippen molar-refractivity contribution < 1.29 is 9.90 Å². The van der Waals surface area contributed by atoms with E-state index >= 15 is 0 Å². The molecule has 0 heterocycles. The van der Waals surface area contributed by atoms with E-state index in [4.69, 9.17) is 5.11 Å². The van der Waals surface area contributed by atoms with Crippen molar-refractivity contribution in [2.75, 3.05) is 0 Å². The van der Waals surface area contributed by atoms with Gasteiger partial charge in [0.2, 0.25) is 0 Å². The van der Waals surface area contributed by atoms with Crippen LogP contribution in [-0.2, 0) is 4.79 Å². The maximum absolute atomic E-state index is 10.8. The second-order valence-corrected chi connectivity index (χ2v) is 3.81. The van der Waals surface area contributed by atoms with Gasteiger partial charge in [-0.05, 0) is 43.3 Å². The monoisotopic (exact) mass is 178 g/mol. The van der Waals surface area contributed by atoms with Crippen LogP contribution in [0, 0.1) is 5.92 Å². The Labute approximate surface area is 78.0 Å². The van der Waals surface area contributed by atoms with Crippen LogP contribution in [0.2, 0.25) is 0 Å². The number of fused-ring (bicyclic) bond motifs is 1. The van der Waals surface area contributed by atoms with Crippen molar-refractivity contribution >= 4 is 5.97 Å². The van der Waals surface area contributed by atoms with Gasteiger partial charge in [0, 0.05) is 0 Å². The highest BCUT2D eigenvalue weighted by molar-refractivity contribution is 5.71. The van der Waals surface area contributed by atoms with Gasteiger partial charge in [-0.1, -0.05) is 12.2 Å². The Morgan fingerprint density at radius 1 is 1.31 bits per heavy atom. The van der Waals surface area contributed by atoms with Crippen LogP contribution in [0.25, 0.3) is 0 Å². The second kappa shape index (κ2) is 3.36. The number of rotatable bonds is 1. The molecule has 0 aliphatic heterocycles. The lowest BCUT2D eigenvalue weighted by Crippen LogP contribution is -2.20. The van der Waals surface area contributed by atoms with Crippen molar-refractivity contribution in [2.24, 2.45) is 5.92 Å². The van der Waals surface area contributed by atoms with E-state index in [2.05, 4.69) is 12.2 Å². The molecule has 13 heavy (non-hydrogen) atoms. The Kier molecular flexibility index (Phi) is 2.21. The van der Waals surface area contributed by atoms with E-state index in [0.717, 1.165) is 32.1 Å². The summed E-state index contributed by atoms with van der Waals surface area (Å²) in [6, 6.07) is 0. The van der Waals surface area contributed by atoms with Gasteiger partial charge in [-0.15, -0.1) is 0 Å². The molecule has 2 aliphatic rings. The third-order valence-corrected chi connectivity index (χ3v) is 2.94. The van der Waals surface area contributed by atoms with E-state index in [1.807, 2.05) is 0 Å². The number of aliphatic carboxylic acids is 1. The third kappa shape index (κ3) is 1.67. The summed E-state index contributed by atoms with van der Waals surface area (Å²) < 4.78 is 0. The maximum Gasteiger partial charge on any atom is 0.306 e. The fraction of sp³-hybridized carbons (Fsp3) is 0.545. The summed E-state index contributed by atoms with van der Waals surface area (Å²) in [5.74, 6) is -0.771. The predicted octanol–water partition coefficient (Wildman–Crippen LogP) is 2.52. The molecule has 1 atom stereocenters. The first-order valence-electron chi connectivity index (χ1n) is 4.88. The molecule has 2 aliphatic carbocycles. The zero-order chi connectivity index (χ0) is 9.26. The van der Waals surface area contributed by atoms with Crippen LogP contribution in [0.1, 0.15) is 32.1 Å². The average molecular weight is 178 g/mol. The summed E-state index contributed by atoms with van der Waals surface area (Å²) in [4.78, 5) is 10.8. The van der Waals surface area contributed by atoms with Gasteiger partial charge in [-0.25, -0.2) is 0 Å². The van der Waals surface area contributed by atoms with E-state index in [1.165, 1.54) is 11.1 Å². The van der Waals surface area contributed by atoms with Crippen LogP contribution in [0.3, 0.4) is 0 Å². The standard InChI is InChI=1S/C11H14O2/c12-11(13)10-6-5-8-3-1-2-4-9(8)7-10/h3-4,10H,1-2,5-7H2,(H,12,13). The molecule has 70 valence electrons. The van der Waals surface area contributed by atoms with Crippen LogP contribution < -0.4 is 0 Å². The minimum absolute atomic E-state index is 0.138. The topological polar surface area (TPSA) is 37.3 Å².